The summed E-state index contributed by atoms with van der Waals surface area (Å²) < 4.78 is 6.15. The third-order valence-corrected chi connectivity index (χ3v) is 10.1. The highest BCUT2D eigenvalue weighted by molar-refractivity contribution is 6.43. The molecule has 7 nitrogen and oxygen atoms in total. The second kappa shape index (κ2) is 12.4. The summed E-state index contributed by atoms with van der Waals surface area (Å²) in [5.41, 5.74) is 6.46. The molecule has 2 aromatic rings. The van der Waals surface area contributed by atoms with Crippen molar-refractivity contribution in [1.82, 2.24) is 4.90 Å². The Kier molecular flexibility index (Phi) is 8.63. The Hall–Kier alpha value is -3.20. The molecule has 0 radical (unpaired) electrons. The number of hydrogen-bond acceptors (Lipinski definition) is 6. The van der Waals surface area contributed by atoms with Crippen molar-refractivity contribution in [3.63, 3.8) is 0 Å². The number of rotatable bonds is 7. The Labute approximate surface area is 254 Å². The van der Waals surface area contributed by atoms with E-state index in [0.29, 0.717) is 25.0 Å². The first kappa shape index (κ1) is 29.9. The van der Waals surface area contributed by atoms with Crippen LogP contribution in [0.1, 0.15) is 73.6 Å². The van der Waals surface area contributed by atoms with Gasteiger partial charge in [-0.05, 0) is 109 Å². The van der Waals surface area contributed by atoms with Crippen molar-refractivity contribution in [2.45, 2.75) is 83.7 Å². The molecule has 2 aliphatic heterocycles. The van der Waals surface area contributed by atoms with Crippen molar-refractivity contribution in [3.05, 3.63) is 75.9 Å². The average molecular weight is 584 g/mol. The summed E-state index contributed by atoms with van der Waals surface area (Å²) in [7, 11) is -1.05. The molecule has 2 aliphatic carbocycles. The maximum Gasteiger partial charge on any atom is 0.455 e. The fourth-order valence-electron chi connectivity index (χ4n) is 8.15. The van der Waals surface area contributed by atoms with E-state index in [9.17, 15) is 24.8 Å². The van der Waals surface area contributed by atoms with Gasteiger partial charge in [0.15, 0.2) is 0 Å². The lowest BCUT2D eigenvalue weighted by Gasteiger charge is -2.43. The van der Waals surface area contributed by atoms with Gasteiger partial charge in [0.2, 0.25) is 11.8 Å². The van der Waals surface area contributed by atoms with Crippen molar-refractivity contribution < 1.29 is 29.5 Å². The van der Waals surface area contributed by atoms with Gasteiger partial charge in [-0.2, -0.15) is 0 Å². The van der Waals surface area contributed by atoms with Gasteiger partial charge in [0, 0.05) is 6.04 Å². The molecule has 0 unspecified atom stereocenters. The summed E-state index contributed by atoms with van der Waals surface area (Å²) in [5.74, 6) is -1.21. The van der Waals surface area contributed by atoms with E-state index < -0.39 is 25.1 Å². The van der Waals surface area contributed by atoms with Crippen molar-refractivity contribution in [1.29, 1.82) is 0 Å². The lowest BCUT2D eigenvalue weighted by atomic mass is 9.58. The number of hydrogen-bond donors (Lipinski definition) is 3. The van der Waals surface area contributed by atoms with E-state index >= 15 is 0 Å². The summed E-state index contributed by atoms with van der Waals surface area (Å²) in [5, 5.41) is 31.7. The fraction of sp³-hybridized carbons (Fsp3) is 0.486. The number of aryl methyl sites for hydroxylation is 2. The molecule has 2 saturated heterocycles. The van der Waals surface area contributed by atoms with E-state index in [4.69, 9.17) is 4.65 Å². The van der Waals surface area contributed by atoms with Crippen molar-refractivity contribution >= 4 is 30.6 Å². The number of aliphatic hydroxyl groups is 1. The van der Waals surface area contributed by atoms with Crippen LogP contribution in [0.2, 0.25) is 6.32 Å². The molecule has 2 aromatic carbocycles. The van der Waals surface area contributed by atoms with Gasteiger partial charge in [0.05, 0.1) is 24.5 Å². The lowest BCUT2D eigenvalue weighted by Crippen LogP contribution is -2.47. The maximum atomic E-state index is 13.9. The molecular weight excluding hydrogens is 541 g/mol. The molecule has 226 valence electrons. The number of phenols is 1. The van der Waals surface area contributed by atoms with Gasteiger partial charge in [-0.1, -0.05) is 55.7 Å². The molecule has 3 N–H and O–H groups in total. The number of benzene rings is 2. The number of imide groups is 1. The van der Waals surface area contributed by atoms with Crippen LogP contribution in [0.4, 0.5) is 0 Å². The lowest BCUT2D eigenvalue weighted by molar-refractivity contribution is -0.143. The Bertz CT molecular complexity index is 1420. The van der Waals surface area contributed by atoms with Crippen LogP contribution >= 0.6 is 0 Å². The molecule has 1 saturated carbocycles. The third kappa shape index (κ3) is 5.73. The minimum Gasteiger partial charge on any atom is -0.507 e. The number of carbonyl (C=O) groups excluding carboxylic acids is 2. The van der Waals surface area contributed by atoms with Crippen LogP contribution in [0.15, 0.2) is 53.6 Å². The number of phenolic OH excluding ortho intramolecular Hbond substituents is 1. The monoisotopic (exact) mass is 583 g/mol. The van der Waals surface area contributed by atoms with Gasteiger partial charge in [-0.15, -0.1) is 0 Å². The van der Waals surface area contributed by atoms with Gasteiger partial charge in [-0.25, -0.2) is 0 Å². The first-order valence-electron chi connectivity index (χ1n) is 15.9. The van der Waals surface area contributed by atoms with Gasteiger partial charge in [-0.3, -0.25) is 14.5 Å². The summed E-state index contributed by atoms with van der Waals surface area (Å²) in [6, 6.07) is 14.0. The Balaban J connectivity index is 1.30. The van der Waals surface area contributed by atoms with Crippen LogP contribution in [0, 0.1) is 31.6 Å². The van der Waals surface area contributed by atoms with E-state index in [1.54, 1.807) is 4.90 Å². The molecule has 3 fully saturated rings. The highest BCUT2D eigenvalue weighted by atomic mass is 16.5. The molecule has 6 rings (SSSR count). The quantitative estimate of drug-likeness (QED) is 0.173. The molecule has 0 aromatic heterocycles. The summed E-state index contributed by atoms with van der Waals surface area (Å²) in [6.07, 6.45) is 8.37. The topological polar surface area (TPSA) is 107 Å². The second-order valence-corrected chi connectivity index (χ2v) is 12.9. The standard InChI is InChI=1S/C35H42BNO6/c1-21-15-23(16-22(2)33(21)39)17-25(24-9-5-3-6-10-24)13-14-30-31-26(20-38)18-28-32(29(31)19-36(42)43-30)35(41)37(34(28)40)27-11-7-4-8-12-27/h3,5-6,9-10,15-17,27-30,32,38-39,42H,4,7-8,11-14,18-20H2,1-2H3/b25-17-/t28-,29+,30-,32-/m1/s1. The molecule has 2 amide bonds. The van der Waals surface area contributed by atoms with Gasteiger partial charge in [0.1, 0.15) is 5.75 Å². The predicted molar refractivity (Wildman–Crippen MR) is 167 cm³/mol. The molecule has 4 atom stereocenters. The predicted octanol–water partition coefficient (Wildman–Crippen LogP) is 5.45. The summed E-state index contributed by atoms with van der Waals surface area (Å²) in [6.45, 7) is 3.59. The third-order valence-electron chi connectivity index (χ3n) is 10.1. The van der Waals surface area contributed by atoms with Gasteiger partial charge in [0.25, 0.3) is 0 Å². The first-order valence-corrected chi connectivity index (χ1v) is 15.9. The normalized spacial score (nSPS) is 26.7. The smallest absolute Gasteiger partial charge is 0.455 e. The second-order valence-electron chi connectivity index (χ2n) is 12.9. The Morgan fingerprint density at radius 3 is 2.40 bits per heavy atom. The molecule has 2 heterocycles. The minimum absolute atomic E-state index is 0.0355. The number of allylic oxidation sites excluding steroid dienone is 1. The number of amides is 2. The molecule has 4 aliphatic rings. The van der Waals surface area contributed by atoms with Crippen molar-refractivity contribution in [2.75, 3.05) is 6.61 Å². The zero-order valence-electron chi connectivity index (χ0n) is 25.2. The Morgan fingerprint density at radius 2 is 1.72 bits per heavy atom. The summed E-state index contributed by atoms with van der Waals surface area (Å²) >= 11 is 0. The maximum absolute atomic E-state index is 13.9. The average Bonchev–Trinajstić information content (AvgIpc) is 3.27. The number of aliphatic hydroxyl groups excluding tert-OH is 1. The summed E-state index contributed by atoms with van der Waals surface area (Å²) in [4.78, 5) is 29.1. The van der Waals surface area contributed by atoms with E-state index in [-0.39, 0.29) is 36.7 Å². The SMILES string of the molecule is Cc1cc(/C=C(/CC[C@H]2OB(O)C[C@H]3C2=C(CO)C[C@H]2C(=O)N(C4CCCCC4)C(=O)[C@H]23)c2ccccc2)cc(C)c1O. The zero-order valence-corrected chi connectivity index (χ0v) is 25.2. The van der Waals surface area contributed by atoms with Crippen LogP contribution < -0.4 is 0 Å². The molecule has 43 heavy (non-hydrogen) atoms. The van der Waals surface area contributed by atoms with Crippen LogP contribution in [-0.2, 0) is 14.2 Å². The van der Waals surface area contributed by atoms with Crippen LogP contribution in [0.5, 0.6) is 5.75 Å². The zero-order chi connectivity index (χ0) is 30.2. The molecule has 0 spiro atoms. The highest BCUT2D eigenvalue weighted by Gasteiger charge is 2.58. The van der Waals surface area contributed by atoms with E-state index in [2.05, 4.69) is 18.2 Å². The number of aromatic hydroxyl groups is 1. The van der Waals surface area contributed by atoms with E-state index in [1.807, 2.05) is 44.2 Å². The van der Waals surface area contributed by atoms with Crippen LogP contribution in [0.3, 0.4) is 0 Å². The van der Waals surface area contributed by atoms with Gasteiger partial charge >= 0.3 is 7.12 Å². The van der Waals surface area contributed by atoms with Crippen molar-refractivity contribution in [2.24, 2.45) is 17.8 Å². The largest absolute Gasteiger partial charge is 0.507 e. The molecule has 0 bridgehead atoms. The molecular formula is C35H42BNO6. The number of nitrogens with zero attached hydrogens (tertiary/aromatic N) is 1. The molecule has 8 heteroatoms. The van der Waals surface area contributed by atoms with Crippen LogP contribution in [-0.4, -0.2) is 57.8 Å². The number of likely N-dealkylation sites (tertiary alicyclic amines) is 1. The first-order chi connectivity index (χ1) is 20.8. The van der Waals surface area contributed by atoms with Gasteiger partial charge < -0.3 is 19.9 Å². The fourth-order valence-corrected chi connectivity index (χ4v) is 8.15. The van der Waals surface area contributed by atoms with Crippen molar-refractivity contribution in [3.8, 4) is 5.75 Å². The van der Waals surface area contributed by atoms with Crippen LogP contribution in [0.25, 0.3) is 11.6 Å². The Morgan fingerprint density at radius 1 is 1.02 bits per heavy atom. The van der Waals surface area contributed by atoms with E-state index in [1.165, 1.54) is 0 Å². The highest BCUT2D eigenvalue weighted by Crippen LogP contribution is 2.51. The number of carbonyl (C=O) groups is 2. The number of fused-ring (bicyclic) bond motifs is 3. The minimum atomic E-state index is -1.05. The van der Waals surface area contributed by atoms with E-state index in [0.717, 1.165) is 71.1 Å².